The second-order valence-corrected chi connectivity index (χ2v) is 8.03. The second kappa shape index (κ2) is 8.12. The Morgan fingerprint density at radius 1 is 1.07 bits per heavy atom. The molecule has 2 aromatic carbocycles. The number of carbonyl (C=O) groups is 1. The van der Waals surface area contributed by atoms with Gasteiger partial charge < -0.3 is 5.32 Å². The summed E-state index contributed by atoms with van der Waals surface area (Å²) < 4.78 is 3.29. The van der Waals surface area contributed by atoms with E-state index in [1.807, 2.05) is 73.8 Å². The highest BCUT2D eigenvalue weighted by atomic mass is 32.1. The molecule has 0 unspecified atom stereocenters. The predicted molar refractivity (Wildman–Crippen MR) is 120 cm³/mol. The zero-order valence-electron chi connectivity index (χ0n) is 17.0. The van der Waals surface area contributed by atoms with E-state index in [1.54, 1.807) is 16.4 Å². The molecule has 1 N–H and O–H groups in total. The zero-order chi connectivity index (χ0) is 21.3. The van der Waals surface area contributed by atoms with E-state index in [0.29, 0.717) is 17.1 Å². The maximum absolute atomic E-state index is 12.9. The highest BCUT2D eigenvalue weighted by Gasteiger charge is 2.18. The number of aromatic nitrogens is 3. The van der Waals surface area contributed by atoms with Crippen molar-refractivity contribution in [1.82, 2.24) is 14.3 Å². The lowest BCUT2D eigenvalue weighted by molar-refractivity contribution is -0.115. The molecule has 0 bridgehead atoms. The number of hydrogen-bond donors (Lipinski definition) is 1. The third-order valence-electron chi connectivity index (χ3n) is 5.01. The molecule has 2 aromatic heterocycles. The molecule has 2 heterocycles. The van der Waals surface area contributed by atoms with Crippen molar-refractivity contribution < 1.29 is 4.79 Å². The van der Waals surface area contributed by atoms with E-state index in [2.05, 4.69) is 10.3 Å². The Morgan fingerprint density at radius 3 is 2.47 bits per heavy atom. The standard InChI is InChI=1S/C23H22N4O2S/c1-15-9-11-17(12-10-15)22-24-18(14-30-22)13-20(28)25-21-16(2)26(3)27(23(21)29)19-7-5-4-6-8-19/h4-12,14H,13H2,1-3H3,(H,25,28). The Balaban J connectivity index is 1.53. The summed E-state index contributed by atoms with van der Waals surface area (Å²) >= 11 is 1.51. The SMILES string of the molecule is Cc1ccc(-c2nc(CC(=O)Nc3c(C)n(C)n(-c4ccccc4)c3=O)cs2)cc1. The first kappa shape index (κ1) is 19.8. The molecule has 7 heteroatoms. The van der Waals surface area contributed by atoms with Crippen molar-refractivity contribution in [2.24, 2.45) is 7.05 Å². The van der Waals surface area contributed by atoms with Crippen molar-refractivity contribution >= 4 is 22.9 Å². The van der Waals surface area contributed by atoms with Crippen molar-refractivity contribution in [2.75, 3.05) is 5.32 Å². The van der Waals surface area contributed by atoms with Crippen molar-refractivity contribution in [3.63, 3.8) is 0 Å². The topological polar surface area (TPSA) is 68.9 Å². The normalized spacial score (nSPS) is 10.9. The van der Waals surface area contributed by atoms with Gasteiger partial charge in [-0.15, -0.1) is 11.3 Å². The van der Waals surface area contributed by atoms with Gasteiger partial charge in [0.2, 0.25) is 5.91 Å². The molecule has 4 aromatic rings. The molecule has 1 amide bonds. The van der Waals surface area contributed by atoms with Gasteiger partial charge in [0, 0.05) is 18.0 Å². The number of carbonyl (C=O) groups excluding carboxylic acids is 1. The number of aryl methyl sites for hydroxylation is 1. The van der Waals surface area contributed by atoms with Gasteiger partial charge in [0.25, 0.3) is 5.56 Å². The molecular weight excluding hydrogens is 396 g/mol. The Labute approximate surface area is 178 Å². The van der Waals surface area contributed by atoms with Gasteiger partial charge in [0.05, 0.1) is 23.5 Å². The largest absolute Gasteiger partial charge is 0.320 e. The summed E-state index contributed by atoms with van der Waals surface area (Å²) in [4.78, 5) is 30.1. The lowest BCUT2D eigenvalue weighted by atomic mass is 10.2. The molecule has 0 aliphatic heterocycles. The fourth-order valence-electron chi connectivity index (χ4n) is 3.28. The number of hydrogen-bond acceptors (Lipinski definition) is 4. The molecule has 0 aliphatic carbocycles. The van der Waals surface area contributed by atoms with Crippen LogP contribution in [0, 0.1) is 13.8 Å². The molecule has 0 saturated carbocycles. The fourth-order valence-corrected chi connectivity index (χ4v) is 4.10. The van der Waals surface area contributed by atoms with E-state index in [1.165, 1.54) is 16.9 Å². The summed E-state index contributed by atoms with van der Waals surface area (Å²) in [6.07, 6.45) is 0.113. The first-order valence-electron chi connectivity index (χ1n) is 9.59. The van der Waals surface area contributed by atoms with Crippen LogP contribution >= 0.6 is 11.3 Å². The molecule has 0 fully saturated rings. The minimum Gasteiger partial charge on any atom is -0.320 e. The van der Waals surface area contributed by atoms with Gasteiger partial charge in [0.1, 0.15) is 10.7 Å². The lowest BCUT2D eigenvalue weighted by Gasteiger charge is -2.07. The highest BCUT2D eigenvalue weighted by Crippen LogP contribution is 2.24. The Hall–Kier alpha value is -3.45. The van der Waals surface area contributed by atoms with Gasteiger partial charge in [-0.2, -0.15) is 0 Å². The number of thiazole rings is 1. The first-order chi connectivity index (χ1) is 14.4. The monoisotopic (exact) mass is 418 g/mol. The summed E-state index contributed by atoms with van der Waals surface area (Å²) in [5.41, 5.74) is 4.38. The molecular formula is C23H22N4O2S. The van der Waals surface area contributed by atoms with Crippen LogP contribution in [0.15, 0.2) is 64.8 Å². The molecule has 4 rings (SSSR count). The van der Waals surface area contributed by atoms with E-state index in [0.717, 1.165) is 16.3 Å². The number of nitrogens with one attached hydrogen (secondary N) is 1. The van der Waals surface area contributed by atoms with E-state index in [-0.39, 0.29) is 17.9 Å². The van der Waals surface area contributed by atoms with Crippen LogP contribution < -0.4 is 10.9 Å². The summed E-state index contributed by atoms with van der Waals surface area (Å²) in [5, 5.41) is 5.54. The number of para-hydroxylation sites is 1. The van der Waals surface area contributed by atoms with Gasteiger partial charge in [-0.3, -0.25) is 14.3 Å². The average molecular weight is 419 g/mol. The number of amides is 1. The first-order valence-corrected chi connectivity index (χ1v) is 10.5. The predicted octanol–water partition coefficient (Wildman–Crippen LogP) is 4.10. The summed E-state index contributed by atoms with van der Waals surface area (Å²) in [7, 11) is 1.80. The van der Waals surface area contributed by atoms with E-state index >= 15 is 0 Å². The quantitative estimate of drug-likeness (QED) is 0.531. The Morgan fingerprint density at radius 2 is 1.77 bits per heavy atom. The van der Waals surface area contributed by atoms with Gasteiger partial charge in [0.15, 0.2) is 0 Å². The van der Waals surface area contributed by atoms with Crippen LogP contribution in [0.25, 0.3) is 16.3 Å². The average Bonchev–Trinajstić information content (AvgIpc) is 3.28. The second-order valence-electron chi connectivity index (χ2n) is 7.17. The molecule has 0 aliphatic rings. The van der Waals surface area contributed by atoms with Crippen LogP contribution in [-0.2, 0) is 18.3 Å². The van der Waals surface area contributed by atoms with Crippen LogP contribution in [0.2, 0.25) is 0 Å². The summed E-state index contributed by atoms with van der Waals surface area (Å²) in [5.74, 6) is -0.262. The van der Waals surface area contributed by atoms with E-state index < -0.39 is 0 Å². The number of benzene rings is 2. The Kier molecular flexibility index (Phi) is 5.37. The maximum Gasteiger partial charge on any atom is 0.295 e. The third-order valence-corrected chi connectivity index (χ3v) is 5.95. The zero-order valence-corrected chi connectivity index (χ0v) is 17.9. The fraction of sp³-hybridized carbons (Fsp3) is 0.174. The molecule has 0 spiro atoms. The molecule has 152 valence electrons. The molecule has 30 heavy (non-hydrogen) atoms. The summed E-state index contributed by atoms with van der Waals surface area (Å²) in [6, 6.07) is 17.5. The van der Waals surface area contributed by atoms with Gasteiger partial charge in [-0.05, 0) is 26.0 Å². The molecule has 0 radical (unpaired) electrons. The number of rotatable bonds is 5. The molecule has 0 atom stereocenters. The number of nitrogens with zero attached hydrogens (tertiary/aromatic N) is 3. The van der Waals surface area contributed by atoms with Crippen LogP contribution in [0.4, 0.5) is 5.69 Å². The third kappa shape index (κ3) is 3.84. The van der Waals surface area contributed by atoms with Crippen molar-refractivity contribution in [3.8, 4) is 16.3 Å². The van der Waals surface area contributed by atoms with E-state index in [9.17, 15) is 9.59 Å². The maximum atomic E-state index is 12.9. The van der Waals surface area contributed by atoms with Crippen molar-refractivity contribution in [1.29, 1.82) is 0 Å². The minimum absolute atomic E-state index is 0.113. The van der Waals surface area contributed by atoms with Crippen LogP contribution in [-0.4, -0.2) is 20.3 Å². The Bertz CT molecular complexity index is 1250. The number of anilines is 1. The van der Waals surface area contributed by atoms with Crippen LogP contribution in [0.1, 0.15) is 17.0 Å². The van der Waals surface area contributed by atoms with Crippen LogP contribution in [0.3, 0.4) is 0 Å². The highest BCUT2D eigenvalue weighted by molar-refractivity contribution is 7.13. The van der Waals surface area contributed by atoms with Gasteiger partial charge in [-0.25, -0.2) is 9.67 Å². The smallest absolute Gasteiger partial charge is 0.295 e. The van der Waals surface area contributed by atoms with Crippen molar-refractivity contribution in [3.05, 3.63) is 87.3 Å². The van der Waals surface area contributed by atoms with Gasteiger partial charge in [-0.1, -0.05) is 48.0 Å². The van der Waals surface area contributed by atoms with E-state index in [4.69, 9.17) is 0 Å². The molecule has 0 saturated heterocycles. The summed E-state index contributed by atoms with van der Waals surface area (Å²) in [6.45, 7) is 3.85. The molecule has 6 nitrogen and oxygen atoms in total. The van der Waals surface area contributed by atoms with Crippen LogP contribution in [0.5, 0.6) is 0 Å². The van der Waals surface area contributed by atoms with Crippen molar-refractivity contribution in [2.45, 2.75) is 20.3 Å². The lowest BCUT2D eigenvalue weighted by Crippen LogP contribution is -2.23. The minimum atomic E-state index is -0.262. The van der Waals surface area contributed by atoms with Gasteiger partial charge >= 0.3 is 0 Å².